The molecule has 0 spiro atoms. The summed E-state index contributed by atoms with van der Waals surface area (Å²) in [6.07, 6.45) is 11.7. The molecule has 0 saturated heterocycles. The normalized spacial score (nSPS) is 12.1. The Hall–Kier alpha value is -0.910. The summed E-state index contributed by atoms with van der Waals surface area (Å²) < 4.78 is 0. The Balaban J connectivity index is 2.64. The Morgan fingerprint density at radius 3 is 2.61 bits per heavy atom. The average molecular weight is 261 g/mol. The molecule has 0 aliphatic rings. The number of thioether (sulfide) groups is 1. The van der Waals surface area contributed by atoms with Gasteiger partial charge in [-0.3, -0.25) is 0 Å². The Morgan fingerprint density at radius 2 is 2.06 bits per heavy atom. The minimum atomic E-state index is 0.439. The van der Waals surface area contributed by atoms with Gasteiger partial charge >= 0.3 is 0 Å². The maximum absolute atomic E-state index is 5.32. The van der Waals surface area contributed by atoms with Crippen molar-refractivity contribution in [3.05, 3.63) is 29.8 Å². The van der Waals surface area contributed by atoms with Crippen LogP contribution in [0.25, 0.3) is 0 Å². The van der Waals surface area contributed by atoms with Crippen LogP contribution in [0.1, 0.15) is 44.2 Å². The zero-order valence-electron chi connectivity index (χ0n) is 11.4. The molecular formula is C16H23NS. The highest BCUT2D eigenvalue weighted by Crippen LogP contribution is 2.22. The van der Waals surface area contributed by atoms with Crippen molar-refractivity contribution in [1.29, 1.82) is 0 Å². The van der Waals surface area contributed by atoms with E-state index in [0.29, 0.717) is 6.04 Å². The van der Waals surface area contributed by atoms with Crippen molar-refractivity contribution in [3.8, 4) is 12.3 Å². The van der Waals surface area contributed by atoms with Crippen LogP contribution >= 0.6 is 11.8 Å². The molecule has 1 aromatic rings. The molecule has 0 saturated carbocycles. The summed E-state index contributed by atoms with van der Waals surface area (Å²) in [6.45, 7) is 3.26. The summed E-state index contributed by atoms with van der Waals surface area (Å²) >= 11 is 1.78. The second-order valence-corrected chi connectivity index (χ2v) is 5.26. The van der Waals surface area contributed by atoms with Crippen LogP contribution in [0.4, 0.5) is 0 Å². The van der Waals surface area contributed by atoms with Crippen molar-refractivity contribution in [2.75, 3.05) is 12.8 Å². The van der Waals surface area contributed by atoms with Gasteiger partial charge in [-0.2, -0.15) is 0 Å². The van der Waals surface area contributed by atoms with E-state index in [0.717, 1.165) is 32.2 Å². The summed E-state index contributed by atoms with van der Waals surface area (Å²) in [6, 6.07) is 9.29. The molecule has 0 aliphatic carbocycles. The third-order valence-corrected chi connectivity index (χ3v) is 3.72. The fraction of sp³-hybridized carbons (Fsp3) is 0.500. The van der Waals surface area contributed by atoms with Gasteiger partial charge in [-0.05, 0) is 49.8 Å². The molecule has 1 nitrogen and oxygen atoms in total. The lowest BCUT2D eigenvalue weighted by Gasteiger charge is -2.19. The highest BCUT2D eigenvalue weighted by Gasteiger charge is 2.09. The fourth-order valence-electron chi connectivity index (χ4n) is 1.95. The second kappa shape index (κ2) is 9.08. The number of rotatable bonds is 8. The zero-order chi connectivity index (χ0) is 13.2. The molecule has 1 N–H and O–H groups in total. The van der Waals surface area contributed by atoms with Gasteiger partial charge in [0.25, 0.3) is 0 Å². The van der Waals surface area contributed by atoms with Crippen molar-refractivity contribution in [3.63, 3.8) is 0 Å². The van der Waals surface area contributed by atoms with Crippen LogP contribution in [0.3, 0.4) is 0 Å². The topological polar surface area (TPSA) is 12.0 Å². The van der Waals surface area contributed by atoms with E-state index < -0.39 is 0 Å². The molecule has 0 heterocycles. The van der Waals surface area contributed by atoms with Gasteiger partial charge in [0.05, 0.1) is 0 Å². The molecule has 0 radical (unpaired) electrons. The summed E-state index contributed by atoms with van der Waals surface area (Å²) in [7, 11) is 0. The lowest BCUT2D eigenvalue weighted by Crippen LogP contribution is -2.22. The third kappa shape index (κ3) is 5.16. The van der Waals surface area contributed by atoms with Crippen molar-refractivity contribution in [2.45, 2.75) is 43.5 Å². The Kier molecular flexibility index (Phi) is 7.64. The molecule has 0 aliphatic heterocycles. The molecule has 0 bridgehead atoms. The van der Waals surface area contributed by atoms with E-state index in [4.69, 9.17) is 6.42 Å². The summed E-state index contributed by atoms with van der Waals surface area (Å²) in [5.41, 5.74) is 1.37. The van der Waals surface area contributed by atoms with E-state index >= 15 is 0 Å². The molecule has 0 fully saturated rings. The number of hydrogen-bond donors (Lipinski definition) is 1. The lowest BCUT2D eigenvalue weighted by atomic mass is 10.0. The fourth-order valence-corrected chi connectivity index (χ4v) is 2.36. The molecule has 18 heavy (non-hydrogen) atoms. The van der Waals surface area contributed by atoms with Gasteiger partial charge in [0.2, 0.25) is 0 Å². The molecule has 1 aromatic carbocycles. The maximum atomic E-state index is 5.32. The van der Waals surface area contributed by atoms with Crippen LogP contribution in [-0.4, -0.2) is 12.8 Å². The predicted octanol–water partition coefficient (Wildman–Crippen LogP) is 4.25. The highest BCUT2D eigenvalue weighted by molar-refractivity contribution is 7.98. The quantitative estimate of drug-likeness (QED) is 0.426. The first-order chi connectivity index (χ1) is 8.81. The first-order valence-corrected chi connectivity index (χ1v) is 7.85. The first-order valence-electron chi connectivity index (χ1n) is 6.62. The number of hydrogen-bond acceptors (Lipinski definition) is 2. The second-order valence-electron chi connectivity index (χ2n) is 4.38. The molecule has 2 heteroatoms. The standard InChI is InChI=1S/C16H23NS/c1-4-6-7-8-16(17-13-5-2)14-9-11-15(18-3)12-10-14/h1,9-12,16-17H,5-8,13H2,2-3H3. The summed E-state index contributed by atoms with van der Waals surface area (Å²) in [4.78, 5) is 1.32. The van der Waals surface area contributed by atoms with Gasteiger partial charge in [-0.1, -0.05) is 19.1 Å². The van der Waals surface area contributed by atoms with Crippen molar-refractivity contribution >= 4 is 11.8 Å². The van der Waals surface area contributed by atoms with Crippen molar-refractivity contribution < 1.29 is 0 Å². The Labute approximate surface area is 116 Å². The smallest absolute Gasteiger partial charge is 0.0320 e. The monoisotopic (exact) mass is 261 g/mol. The van der Waals surface area contributed by atoms with Crippen LogP contribution < -0.4 is 5.32 Å². The average Bonchev–Trinajstić information content (AvgIpc) is 2.43. The van der Waals surface area contributed by atoms with Gasteiger partial charge in [0.15, 0.2) is 0 Å². The number of unbranched alkanes of at least 4 members (excludes halogenated alkanes) is 1. The van der Waals surface area contributed by atoms with Gasteiger partial charge in [0, 0.05) is 17.4 Å². The highest BCUT2D eigenvalue weighted by atomic mass is 32.2. The molecule has 98 valence electrons. The lowest BCUT2D eigenvalue weighted by molar-refractivity contribution is 0.487. The molecule has 0 amide bonds. The van der Waals surface area contributed by atoms with Gasteiger partial charge in [-0.15, -0.1) is 24.1 Å². The summed E-state index contributed by atoms with van der Waals surface area (Å²) in [5.74, 6) is 2.72. The SMILES string of the molecule is C#CCCCC(NCCC)c1ccc(SC)cc1. The van der Waals surface area contributed by atoms with Crippen LogP contribution in [0.15, 0.2) is 29.2 Å². The molecule has 1 rings (SSSR count). The third-order valence-electron chi connectivity index (χ3n) is 2.97. The zero-order valence-corrected chi connectivity index (χ0v) is 12.2. The minimum absolute atomic E-state index is 0.439. The first kappa shape index (κ1) is 15.1. The Morgan fingerprint density at radius 1 is 1.33 bits per heavy atom. The van der Waals surface area contributed by atoms with E-state index in [1.54, 1.807) is 11.8 Å². The van der Waals surface area contributed by atoms with E-state index in [9.17, 15) is 0 Å². The van der Waals surface area contributed by atoms with Crippen LogP contribution in [0.5, 0.6) is 0 Å². The van der Waals surface area contributed by atoms with E-state index in [1.807, 2.05) is 0 Å². The van der Waals surface area contributed by atoms with E-state index in [-0.39, 0.29) is 0 Å². The molecule has 0 aromatic heterocycles. The largest absolute Gasteiger partial charge is 0.310 e. The van der Waals surface area contributed by atoms with Crippen LogP contribution in [-0.2, 0) is 0 Å². The maximum Gasteiger partial charge on any atom is 0.0320 e. The van der Waals surface area contributed by atoms with Gasteiger partial charge in [-0.25, -0.2) is 0 Å². The van der Waals surface area contributed by atoms with Crippen LogP contribution in [0, 0.1) is 12.3 Å². The number of nitrogens with one attached hydrogen (secondary N) is 1. The summed E-state index contributed by atoms with van der Waals surface area (Å²) in [5, 5.41) is 3.61. The number of terminal acetylenes is 1. The predicted molar refractivity (Wildman–Crippen MR) is 81.9 cm³/mol. The molecular weight excluding hydrogens is 238 g/mol. The Bertz CT molecular complexity index is 364. The van der Waals surface area contributed by atoms with E-state index in [1.165, 1.54) is 10.5 Å². The molecule has 1 atom stereocenters. The van der Waals surface area contributed by atoms with E-state index in [2.05, 4.69) is 48.7 Å². The number of benzene rings is 1. The van der Waals surface area contributed by atoms with Gasteiger partial charge < -0.3 is 5.32 Å². The van der Waals surface area contributed by atoms with Crippen LogP contribution in [0.2, 0.25) is 0 Å². The van der Waals surface area contributed by atoms with Crippen molar-refractivity contribution in [1.82, 2.24) is 5.32 Å². The van der Waals surface area contributed by atoms with Crippen molar-refractivity contribution in [2.24, 2.45) is 0 Å². The minimum Gasteiger partial charge on any atom is -0.310 e. The van der Waals surface area contributed by atoms with Gasteiger partial charge in [0.1, 0.15) is 0 Å². The molecule has 1 unspecified atom stereocenters.